The molecule has 1 nitrogen and oxygen atoms in total. The second-order valence-electron chi connectivity index (χ2n) is 18.4. The Morgan fingerprint density at radius 2 is 0.814 bits per heavy atom. The van der Waals surface area contributed by atoms with Gasteiger partial charge in [-0.05, 0) is 58.8 Å². The van der Waals surface area contributed by atoms with Crippen molar-refractivity contribution in [2.75, 3.05) is 0 Å². The van der Waals surface area contributed by atoms with Gasteiger partial charge in [0.25, 0.3) is 0 Å². The van der Waals surface area contributed by atoms with Gasteiger partial charge < -0.3 is 4.14 Å². The summed E-state index contributed by atoms with van der Waals surface area (Å²) in [6.07, 6.45) is 4.72. The predicted octanol–water partition coefficient (Wildman–Crippen LogP) is 17.9. The SMILES string of the molecule is CCC(C)c1cc2c(-c3ccccc3C(C)CC)cccc2[cH-]1.CCC(C)c1cc2c(-c3ccccc3C(C)CC)cccc2[cH-]1.[B]N([Si](C)(C)C)[Si](C)(C)C.[Cl][Zr+2][Cl]. The monoisotopic (exact) mass is 937 g/mol. The normalized spacial score (nSPS) is 13.6. The van der Waals surface area contributed by atoms with Crippen LogP contribution in [0.1, 0.15) is 127 Å². The molecule has 0 fully saturated rings. The molecule has 4 atom stereocenters. The average Bonchev–Trinajstić information content (AvgIpc) is 3.88. The van der Waals surface area contributed by atoms with Crippen LogP contribution in [0.15, 0.2) is 109 Å². The molecule has 2 radical (unpaired) electrons. The average molecular weight is 940 g/mol. The van der Waals surface area contributed by atoms with Crippen molar-refractivity contribution in [2.45, 2.75) is 144 Å². The van der Waals surface area contributed by atoms with E-state index < -0.39 is 37.3 Å². The maximum atomic E-state index is 5.98. The third-order valence-corrected chi connectivity index (χ3v) is 19.1. The van der Waals surface area contributed by atoms with Crippen molar-refractivity contribution in [3.8, 4) is 22.3 Å². The molecular formula is C52H72BCl2NSi2Zr. The fourth-order valence-corrected chi connectivity index (χ4v) is 15.9. The summed E-state index contributed by atoms with van der Waals surface area (Å²) in [6, 6.07) is 40.8. The molecule has 0 bridgehead atoms. The predicted molar refractivity (Wildman–Crippen MR) is 271 cm³/mol. The summed E-state index contributed by atoms with van der Waals surface area (Å²) < 4.78 is 2.15. The van der Waals surface area contributed by atoms with Gasteiger partial charge in [-0.25, -0.2) is 0 Å². The van der Waals surface area contributed by atoms with Gasteiger partial charge in [-0.1, -0.05) is 179 Å². The Bertz CT molecular complexity index is 2010. The summed E-state index contributed by atoms with van der Waals surface area (Å²) in [7, 11) is 13.4. The van der Waals surface area contributed by atoms with Crippen LogP contribution < -0.4 is 0 Å². The Balaban J connectivity index is 0.000000245. The van der Waals surface area contributed by atoms with Gasteiger partial charge in [0.1, 0.15) is 16.5 Å². The van der Waals surface area contributed by atoms with Crippen molar-refractivity contribution < 1.29 is 20.8 Å². The molecule has 0 saturated carbocycles. The number of hydrogen-bond acceptors (Lipinski definition) is 1. The number of nitrogens with zero attached hydrogens (tertiary/aromatic N) is 1. The quantitative estimate of drug-likeness (QED) is 0.0873. The zero-order valence-electron chi connectivity index (χ0n) is 38.8. The van der Waals surface area contributed by atoms with Crippen molar-refractivity contribution in [3.63, 3.8) is 0 Å². The van der Waals surface area contributed by atoms with Gasteiger partial charge in [0.2, 0.25) is 0 Å². The van der Waals surface area contributed by atoms with Crippen molar-refractivity contribution in [3.05, 3.63) is 131 Å². The topological polar surface area (TPSA) is 3.24 Å². The molecule has 0 spiro atoms. The molecular weight excluding hydrogens is 868 g/mol. The van der Waals surface area contributed by atoms with E-state index in [9.17, 15) is 0 Å². The van der Waals surface area contributed by atoms with Gasteiger partial charge >= 0.3 is 37.9 Å². The van der Waals surface area contributed by atoms with E-state index >= 15 is 0 Å². The van der Waals surface area contributed by atoms with E-state index in [4.69, 9.17) is 25.0 Å². The summed E-state index contributed by atoms with van der Waals surface area (Å²) in [5.74, 6) is 2.43. The van der Waals surface area contributed by atoms with Crippen LogP contribution in [-0.4, -0.2) is 28.6 Å². The maximum absolute atomic E-state index is 5.98. The van der Waals surface area contributed by atoms with E-state index in [-0.39, 0.29) is 0 Å². The fourth-order valence-electron chi connectivity index (χ4n) is 7.82. The molecule has 6 aromatic carbocycles. The first-order valence-electron chi connectivity index (χ1n) is 22.0. The number of hydrogen-bond donors (Lipinski definition) is 0. The second-order valence-corrected chi connectivity index (χ2v) is 32.2. The van der Waals surface area contributed by atoms with E-state index in [1.54, 1.807) is 0 Å². The van der Waals surface area contributed by atoms with Gasteiger partial charge in [0.05, 0.1) is 0 Å². The van der Waals surface area contributed by atoms with E-state index in [0.29, 0.717) is 23.7 Å². The van der Waals surface area contributed by atoms with Gasteiger partial charge in [0, 0.05) is 0 Å². The van der Waals surface area contributed by atoms with Crippen LogP contribution in [0.3, 0.4) is 0 Å². The first-order chi connectivity index (χ1) is 27.9. The Hall–Kier alpha value is -1.98. The molecule has 0 aromatic heterocycles. The van der Waals surface area contributed by atoms with Gasteiger partial charge in [-0.3, -0.25) is 0 Å². The van der Waals surface area contributed by atoms with Crippen LogP contribution in [0.2, 0.25) is 39.3 Å². The summed E-state index contributed by atoms with van der Waals surface area (Å²) in [5, 5.41) is 5.55. The Kier molecular flexibility index (Phi) is 20.9. The summed E-state index contributed by atoms with van der Waals surface area (Å²) in [4.78, 5) is 0. The number of fused-ring (bicyclic) bond motifs is 2. The van der Waals surface area contributed by atoms with Crippen LogP contribution in [0.5, 0.6) is 0 Å². The van der Waals surface area contributed by atoms with Crippen molar-refractivity contribution in [1.82, 2.24) is 4.14 Å². The molecule has 0 amide bonds. The fraction of sp³-hybridized carbons (Fsp3) is 0.423. The molecule has 6 aromatic rings. The Morgan fingerprint density at radius 3 is 1.10 bits per heavy atom. The minimum absolute atomic E-state index is 0.588. The third-order valence-electron chi connectivity index (χ3n) is 12.1. The molecule has 0 heterocycles. The molecule has 0 aliphatic heterocycles. The van der Waals surface area contributed by atoms with E-state index in [0.717, 1.165) is 0 Å². The van der Waals surface area contributed by atoms with E-state index in [1.165, 1.54) is 91.7 Å². The zero-order chi connectivity index (χ0) is 44.1. The van der Waals surface area contributed by atoms with Crippen LogP contribution in [0.4, 0.5) is 0 Å². The van der Waals surface area contributed by atoms with Crippen molar-refractivity contribution >= 4 is 63.0 Å². The molecule has 0 N–H and O–H groups in total. The zero-order valence-corrected chi connectivity index (χ0v) is 44.8. The molecule has 6 rings (SSSR count). The molecule has 0 aliphatic rings. The van der Waals surface area contributed by atoms with E-state index in [2.05, 4.69) is 208 Å². The van der Waals surface area contributed by atoms with Crippen LogP contribution in [0.25, 0.3) is 43.8 Å². The van der Waals surface area contributed by atoms with Crippen LogP contribution >= 0.6 is 17.0 Å². The molecule has 314 valence electrons. The molecule has 7 heteroatoms. The van der Waals surface area contributed by atoms with Crippen LogP contribution in [0, 0.1) is 0 Å². The van der Waals surface area contributed by atoms with Gasteiger partial charge in [0.15, 0.2) is 7.98 Å². The summed E-state index contributed by atoms with van der Waals surface area (Å²) in [5.41, 5.74) is 11.4. The summed E-state index contributed by atoms with van der Waals surface area (Å²) in [6.45, 7) is 32.1. The van der Waals surface area contributed by atoms with E-state index in [1.807, 2.05) is 0 Å². The van der Waals surface area contributed by atoms with Crippen LogP contribution in [-0.2, 0) is 20.8 Å². The first kappa shape index (κ1) is 51.4. The standard InChI is InChI=1S/2C23H27.C6H18BNSi2.2ClH.Zr/c2*1-5-16(3)19-14-18-10-9-13-22(23(18)15-19)21-12-8-7-11-20(21)17(4)6-2;1-9(2,3)8(7)10(4,5)6;;;/h2*7-17H,5-6H2,1-4H3;1-6H3;2*1H;/q2*-1;;;;+4/p-2. The minimum atomic E-state index is -1.22. The van der Waals surface area contributed by atoms with Crippen molar-refractivity contribution in [1.29, 1.82) is 0 Å². The molecule has 0 aliphatic carbocycles. The van der Waals surface area contributed by atoms with Gasteiger partial charge in [-0.15, -0.1) is 69.1 Å². The molecule has 0 saturated heterocycles. The Morgan fingerprint density at radius 1 is 0.508 bits per heavy atom. The second kappa shape index (κ2) is 24.0. The number of halogens is 2. The number of rotatable bonds is 12. The van der Waals surface area contributed by atoms with Crippen molar-refractivity contribution in [2.24, 2.45) is 0 Å². The first-order valence-corrected chi connectivity index (χ1v) is 35.2. The third kappa shape index (κ3) is 14.0. The number of benzene rings is 4. The molecule has 59 heavy (non-hydrogen) atoms. The molecule has 4 unspecified atom stereocenters. The summed E-state index contributed by atoms with van der Waals surface area (Å²) >= 11 is -0.826. The van der Waals surface area contributed by atoms with Gasteiger partial charge in [-0.2, -0.15) is 12.1 Å². The Labute approximate surface area is 382 Å².